The van der Waals surface area contributed by atoms with Crippen LogP contribution in [0.1, 0.15) is 85.3 Å². The molecule has 9 heteroatoms. The molecule has 1 fully saturated rings. The number of rotatable bonds is 16. The van der Waals surface area contributed by atoms with E-state index in [1.165, 1.54) is 60.4 Å². The molecule has 9 nitrogen and oxygen atoms in total. The number of primary amides is 1. The summed E-state index contributed by atoms with van der Waals surface area (Å²) in [6.45, 7) is 26.7. The molecule has 3 unspecified atom stereocenters. The summed E-state index contributed by atoms with van der Waals surface area (Å²) in [5.74, 6) is 0.0185. The van der Waals surface area contributed by atoms with Crippen LogP contribution in [-0.2, 0) is 16.0 Å². The molecule has 0 aromatic heterocycles. The fourth-order valence-electron chi connectivity index (χ4n) is 5.87. The molecule has 2 aliphatic heterocycles. The highest BCUT2D eigenvalue weighted by Gasteiger charge is 2.34. The van der Waals surface area contributed by atoms with Crippen LogP contribution in [0.2, 0.25) is 0 Å². The first-order chi connectivity index (χ1) is 22.5. The van der Waals surface area contributed by atoms with Crippen molar-refractivity contribution >= 4 is 12.2 Å². The second kappa shape index (κ2) is 23.8. The van der Waals surface area contributed by atoms with Crippen LogP contribution < -0.4 is 27.0 Å². The summed E-state index contributed by atoms with van der Waals surface area (Å²) in [7, 11) is 0. The molecule has 0 radical (unpaired) electrons. The minimum atomic E-state index is 0.0185. The second-order valence-electron chi connectivity index (χ2n) is 12.4. The zero-order chi connectivity index (χ0) is 35.2. The number of dihydropyridines is 1. The van der Waals surface area contributed by atoms with Crippen LogP contribution in [0.25, 0.3) is 0 Å². The van der Waals surface area contributed by atoms with Gasteiger partial charge in [0.15, 0.2) is 5.78 Å². The molecule has 1 aromatic carbocycles. The fraction of sp³-hybridized carbons (Fsp3) is 0.579. The van der Waals surface area contributed by atoms with Crippen molar-refractivity contribution in [3.8, 4) is 0 Å². The first-order valence-electron chi connectivity index (χ1n) is 17.4. The summed E-state index contributed by atoms with van der Waals surface area (Å²) in [5.41, 5.74) is 11.9. The third-order valence-electron chi connectivity index (χ3n) is 8.69. The van der Waals surface area contributed by atoms with E-state index in [0.29, 0.717) is 12.1 Å². The smallest absolute Gasteiger partial charge is 0.204 e. The highest BCUT2D eigenvalue weighted by atomic mass is 16.1. The number of allylic oxidation sites excluding steroid dienone is 4. The van der Waals surface area contributed by atoms with Crippen molar-refractivity contribution in [2.24, 2.45) is 5.73 Å². The minimum Gasteiger partial charge on any atom is -0.387 e. The molecule has 47 heavy (non-hydrogen) atoms. The highest BCUT2D eigenvalue weighted by Crippen LogP contribution is 2.25. The molecular weight excluding hydrogens is 586 g/mol. The summed E-state index contributed by atoms with van der Waals surface area (Å²) in [5, 5.41) is 14.4. The van der Waals surface area contributed by atoms with Crippen molar-refractivity contribution in [1.29, 1.82) is 0 Å². The number of hydrogen-bond donors (Lipinski definition) is 5. The number of amides is 1. The molecule has 264 valence electrons. The molecule has 2 heterocycles. The molecule has 3 rings (SSSR count). The van der Waals surface area contributed by atoms with Crippen LogP contribution in [0, 0.1) is 6.92 Å². The number of nitrogens with two attached hydrogens (primary N) is 1. The molecule has 1 amide bonds. The van der Waals surface area contributed by atoms with Crippen molar-refractivity contribution in [2.45, 2.75) is 106 Å². The SMILES string of the molecule is C=CC(C)=O.CCCN/C(C)=C(/C)NC1=CNC(N2CCN(C(CCNCC)CCc3ccc(C)cc3)C(CC)C2)C(C)=C1.NC=O. The zero-order valence-electron chi connectivity index (χ0n) is 30.6. The largest absolute Gasteiger partial charge is 0.387 e. The van der Waals surface area contributed by atoms with Gasteiger partial charge < -0.3 is 27.0 Å². The van der Waals surface area contributed by atoms with Gasteiger partial charge in [0.2, 0.25) is 6.41 Å². The number of hydrogen-bond acceptors (Lipinski definition) is 8. The fourth-order valence-corrected chi connectivity index (χ4v) is 5.87. The van der Waals surface area contributed by atoms with Crippen molar-refractivity contribution in [2.75, 3.05) is 39.3 Å². The lowest BCUT2D eigenvalue weighted by atomic mass is 9.96. The van der Waals surface area contributed by atoms with Crippen LogP contribution in [0.5, 0.6) is 0 Å². The molecule has 3 atom stereocenters. The van der Waals surface area contributed by atoms with Crippen molar-refractivity contribution < 1.29 is 9.59 Å². The van der Waals surface area contributed by atoms with E-state index in [0.717, 1.165) is 57.8 Å². The average molecular weight is 652 g/mol. The number of carbonyl (C=O) groups excluding carboxylic acids is 2. The van der Waals surface area contributed by atoms with E-state index in [9.17, 15) is 4.79 Å². The molecular formula is C38H65N7O2. The summed E-state index contributed by atoms with van der Waals surface area (Å²) >= 11 is 0. The van der Waals surface area contributed by atoms with Gasteiger partial charge in [-0.15, -0.1) is 0 Å². The lowest BCUT2D eigenvalue weighted by molar-refractivity contribution is -0.112. The quantitative estimate of drug-likeness (QED) is 0.0952. The van der Waals surface area contributed by atoms with Crippen LogP contribution >= 0.6 is 0 Å². The van der Waals surface area contributed by atoms with E-state index in [-0.39, 0.29) is 18.4 Å². The van der Waals surface area contributed by atoms with Gasteiger partial charge in [0.05, 0.1) is 5.70 Å². The summed E-state index contributed by atoms with van der Waals surface area (Å²) in [6.07, 6.45) is 12.2. The Morgan fingerprint density at radius 3 is 2.28 bits per heavy atom. The molecule has 1 aromatic rings. The molecule has 0 spiro atoms. The number of carbonyl (C=O) groups is 2. The first-order valence-corrected chi connectivity index (χ1v) is 17.4. The Morgan fingerprint density at radius 1 is 1.06 bits per heavy atom. The summed E-state index contributed by atoms with van der Waals surface area (Å²) in [4.78, 5) is 23.8. The van der Waals surface area contributed by atoms with Gasteiger partial charge in [-0.25, -0.2) is 0 Å². The van der Waals surface area contributed by atoms with Crippen LogP contribution in [0.4, 0.5) is 0 Å². The Balaban J connectivity index is 0.00000124. The molecule has 2 aliphatic rings. The molecule has 1 saturated heterocycles. The van der Waals surface area contributed by atoms with E-state index in [1.807, 2.05) is 0 Å². The predicted octanol–water partition coefficient (Wildman–Crippen LogP) is 5.11. The number of nitrogens with one attached hydrogen (secondary N) is 4. The second-order valence-corrected chi connectivity index (χ2v) is 12.4. The van der Waals surface area contributed by atoms with E-state index >= 15 is 0 Å². The number of nitrogens with zero attached hydrogens (tertiary/aromatic N) is 2. The van der Waals surface area contributed by atoms with Crippen molar-refractivity contribution in [3.05, 3.63) is 83.0 Å². The van der Waals surface area contributed by atoms with Gasteiger partial charge in [0.1, 0.15) is 6.17 Å². The first kappa shape index (κ1) is 41.6. The topological polar surface area (TPSA) is 115 Å². The molecule has 0 bridgehead atoms. The third kappa shape index (κ3) is 15.8. The van der Waals surface area contributed by atoms with E-state index in [1.54, 1.807) is 0 Å². The lowest BCUT2D eigenvalue weighted by Gasteiger charge is -2.48. The van der Waals surface area contributed by atoms with Crippen molar-refractivity contribution in [3.63, 3.8) is 0 Å². The van der Waals surface area contributed by atoms with Gasteiger partial charge in [-0.3, -0.25) is 19.4 Å². The van der Waals surface area contributed by atoms with E-state index in [4.69, 9.17) is 4.79 Å². The number of aryl methyl sites for hydroxylation is 2. The standard InChI is InChI=1S/C33H56N6.C4H6O.CH3NO/c1-8-18-35-27(6)28(7)37-30-22-26(5)33(36-23-30)38-20-21-39(31(9-2)24-38)32(17-19-34-10-3)16-15-29-13-11-25(4)12-14-29;1-3-4(2)5;2-1-3/h11-14,22-23,31-37H,8-10,15-21,24H2,1-7H3;3H,1H2,2H3;1H,(H2,2,3)/b28-27-;;. The van der Waals surface area contributed by atoms with Crippen LogP contribution in [-0.4, -0.2) is 79.5 Å². The minimum absolute atomic E-state index is 0.0185. The predicted molar refractivity (Wildman–Crippen MR) is 199 cm³/mol. The van der Waals surface area contributed by atoms with E-state index < -0.39 is 0 Å². The average Bonchev–Trinajstić information content (AvgIpc) is 3.06. The Morgan fingerprint density at radius 2 is 1.72 bits per heavy atom. The normalized spacial score (nSPS) is 19.1. The van der Waals surface area contributed by atoms with Gasteiger partial charge in [-0.2, -0.15) is 0 Å². The van der Waals surface area contributed by atoms with Crippen LogP contribution in [0.3, 0.4) is 0 Å². The maximum atomic E-state index is 9.69. The number of piperazine rings is 1. The van der Waals surface area contributed by atoms with Gasteiger partial charge >= 0.3 is 0 Å². The van der Waals surface area contributed by atoms with Gasteiger partial charge in [-0.05, 0) is 103 Å². The Bertz CT molecular complexity index is 1160. The monoisotopic (exact) mass is 652 g/mol. The molecule has 0 saturated carbocycles. The third-order valence-corrected chi connectivity index (χ3v) is 8.69. The molecule has 0 aliphatic carbocycles. The Hall–Kier alpha value is -3.40. The van der Waals surface area contributed by atoms with Crippen LogP contribution in [0.15, 0.2) is 71.9 Å². The number of ketones is 1. The van der Waals surface area contributed by atoms with E-state index in [2.05, 4.69) is 128 Å². The van der Waals surface area contributed by atoms with Gasteiger partial charge in [0.25, 0.3) is 0 Å². The highest BCUT2D eigenvalue weighted by molar-refractivity contribution is 5.86. The maximum absolute atomic E-state index is 9.69. The summed E-state index contributed by atoms with van der Waals surface area (Å²) in [6, 6.07) is 10.3. The summed E-state index contributed by atoms with van der Waals surface area (Å²) < 4.78 is 0. The van der Waals surface area contributed by atoms with Crippen molar-refractivity contribution in [1.82, 2.24) is 31.1 Å². The maximum Gasteiger partial charge on any atom is 0.204 e. The zero-order valence-corrected chi connectivity index (χ0v) is 30.6. The van der Waals surface area contributed by atoms with Gasteiger partial charge in [-0.1, -0.05) is 57.2 Å². The Labute approximate surface area is 286 Å². The molecule has 6 N–H and O–H groups in total. The lowest BCUT2D eigenvalue weighted by Crippen LogP contribution is -2.61. The Kier molecular flexibility index (Phi) is 21.1. The van der Waals surface area contributed by atoms with Gasteiger partial charge in [0, 0.05) is 55.9 Å². The number of benzene rings is 1.